The molecule has 1 aromatic rings. The molecule has 0 saturated carbocycles. The summed E-state index contributed by atoms with van der Waals surface area (Å²) < 4.78 is 5.58. The highest BCUT2D eigenvalue weighted by molar-refractivity contribution is 6.30. The average molecular weight is 269 g/mol. The minimum atomic E-state index is 0.156. The molecule has 1 aliphatic heterocycles. The lowest BCUT2D eigenvalue weighted by Crippen LogP contribution is -2.41. The molecule has 1 fully saturated rings. The van der Waals surface area contributed by atoms with Gasteiger partial charge in [0.2, 0.25) is 0 Å². The number of nitrogens with two attached hydrogens (primary N) is 1. The molecule has 1 aromatic carbocycles. The molecule has 100 valence electrons. The third-order valence-corrected chi connectivity index (χ3v) is 3.41. The van der Waals surface area contributed by atoms with Crippen molar-refractivity contribution in [1.82, 2.24) is 0 Å². The second kappa shape index (κ2) is 5.91. The number of rotatable bonds is 3. The molecule has 1 heterocycles. The maximum atomic E-state index is 6.12. The van der Waals surface area contributed by atoms with E-state index in [1.165, 1.54) is 11.3 Å². The summed E-state index contributed by atoms with van der Waals surface area (Å²) in [5.41, 5.74) is 8.38. The van der Waals surface area contributed by atoms with E-state index in [9.17, 15) is 0 Å². The van der Waals surface area contributed by atoms with Crippen LogP contribution in [-0.4, -0.2) is 31.8 Å². The van der Waals surface area contributed by atoms with E-state index < -0.39 is 0 Å². The van der Waals surface area contributed by atoms with Crippen LogP contribution in [0.1, 0.15) is 19.4 Å². The van der Waals surface area contributed by atoms with Gasteiger partial charge in [-0.05, 0) is 38.0 Å². The molecular weight excluding hydrogens is 248 g/mol. The Labute approximate surface area is 114 Å². The molecule has 2 unspecified atom stereocenters. The minimum Gasteiger partial charge on any atom is -0.375 e. The number of halogens is 1. The highest BCUT2D eigenvalue weighted by Crippen LogP contribution is 2.27. The van der Waals surface area contributed by atoms with Crippen molar-refractivity contribution in [3.63, 3.8) is 0 Å². The van der Waals surface area contributed by atoms with E-state index in [2.05, 4.69) is 17.9 Å². The topological polar surface area (TPSA) is 38.5 Å². The van der Waals surface area contributed by atoms with Gasteiger partial charge in [-0.3, -0.25) is 0 Å². The van der Waals surface area contributed by atoms with E-state index in [1.54, 1.807) is 0 Å². The molecule has 0 amide bonds. The molecule has 2 rings (SSSR count). The van der Waals surface area contributed by atoms with Gasteiger partial charge in [0.15, 0.2) is 0 Å². The van der Waals surface area contributed by atoms with Gasteiger partial charge in [0, 0.05) is 29.8 Å². The number of morpholine rings is 1. The zero-order valence-electron chi connectivity index (χ0n) is 11.0. The lowest BCUT2D eigenvalue weighted by Gasteiger charge is -2.34. The van der Waals surface area contributed by atoms with E-state index in [1.807, 2.05) is 19.1 Å². The maximum absolute atomic E-state index is 6.12. The second-order valence-electron chi connectivity index (χ2n) is 5.08. The van der Waals surface area contributed by atoms with Gasteiger partial charge in [0.25, 0.3) is 0 Å². The van der Waals surface area contributed by atoms with Crippen LogP contribution in [0.3, 0.4) is 0 Å². The quantitative estimate of drug-likeness (QED) is 0.915. The fourth-order valence-electron chi connectivity index (χ4n) is 2.39. The van der Waals surface area contributed by atoms with Crippen LogP contribution in [0.15, 0.2) is 18.2 Å². The molecule has 0 aliphatic carbocycles. The van der Waals surface area contributed by atoms with Gasteiger partial charge < -0.3 is 15.4 Å². The van der Waals surface area contributed by atoms with Gasteiger partial charge in [-0.2, -0.15) is 0 Å². The van der Waals surface area contributed by atoms with E-state index in [-0.39, 0.29) is 12.1 Å². The summed E-state index contributed by atoms with van der Waals surface area (Å²) in [7, 11) is 0. The number of anilines is 1. The fourth-order valence-corrected chi connectivity index (χ4v) is 2.55. The number of hydrogen-bond donors (Lipinski definition) is 1. The highest BCUT2D eigenvalue weighted by atomic mass is 35.5. The van der Waals surface area contributed by atoms with Crippen molar-refractivity contribution in [2.24, 2.45) is 5.73 Å². The molecular formula is C14H21ClN2O. The first-order valence-electron chi connectivity index (χ1n) is 6.47. The Bertz CT molecular complexity index is 409. The summed E-state index contributed by atoms with van der Waals surface area (Å²) in [4.78, 5) is 2.34. The van der Waals surface area contributed by atoms with Crippen LogP contribution in [0.4, 0.5) is 5.69 Å². The zero-order chi connectivity index (χ0) is 13.1. The Hall–Kier alpha value is -0.770. The first-order chi connectivity index (χ1) is 8.56. The molecule has 18 heavy (non-hydrogen) atoms. The number of nitrogens with zero attached hydrogens (tertiary/aromatic N) is 1. The summed E-state index contributed by atoms with van der Waals surface area (Å²) in [5, 5.41) is 0.776. The van der Waals surface area contributed by atoms with Crippen LogP contribution in [-0.2, 0) is 11.2 Å². The molecule has 0 spiro atoms. The number of benzene rings is 1. The third-order valence-electron chi connectivity index (χ3n) is 3.17. The Morgan fingerprint density at radius 2 is 2.33 bits per heavy atom. The third kappa shape index (κ3) is 3.37. The maximum Gasteiger partial charge on any atom is 0.0722 e. The van der Waals surface area contributed by atoms with Crippen LogP contribution in [0.2, 0.25) is 5.02 Å². The number of ether oxygens (including phenoxy) is 1. The summed E-state index contributed by atoms with van der Waals surface area (Å²) in [6.07, 6.45) is 1.14. The van der Waals surface area contributed by atoms with Crippen LogP contribution in [0, 0.1) is 0 Å². The minimum absolute atomic E-state index is 0.156. The fraction of sp³-hybridized carbons (Fsp3) is 0.571. The van der Waals surface area contributed by atoms with E-state index in [4.69, 9.17) is 22.1 Å². The predicted octanol–water partition coefficient (Wildman–Crippen LogP) is 2.45. The van der Waals surface area contributed by atoms with Crippen molar-refractivity contribution < 1.29 is 4.74 Å². The smallest absolute Gasteiger partial charge is 0.0722 e. The molecule has 0 radical (unpaired) electrons. The van der Waals surface area contributed by atoms with Crippen molar-refractivity contribution in [2.75, 3.05) is 24.6 Å². The second-order valence-corrected chi connectivity index (χ2v) is 5.52. The molecule has 0 aromatic heterocycles. The molecule has 3 nitrogen and oxygen atoms in total. The lowest BCUT2D eigenvalue weighted by molar-refractivity contribution is 0.0532. The van der Waals surface area contributed by atoms with Crippen LogP contribution < -0.4 is 10.6 Å². The van der Waals surface area contributed by atoms with Gasteiger partial charge in [-0.15, -0.1) is 0 Å². The monoisotopic (exact) mass is 268 g/mol. The molecule has 2 atom stereocenters. The standard InChI is InChI=1S/C14H21ClN2O/c1-10(16)7-12-3-4-13(15)8-14(12)17-5-6-18-11(2)9-17/h3-4,8,10-11H,5-7,9,16H2,1-2H3. The first-order valence-corrected chi connectivity index (χ1v) is 6.84. The molecule has 1 saturated heterocycles. The summed E-state index contributed by atoms with van der Waals surface area (Å²) >= 11 is 6.12. The molecule has 0 bridgehead atoms. The van der Waals surface area contributed by atoms with Crippen LogP contribution >= 0.6 is 11.6 Å². The lowest BCUT2D eigenvalue weighted by atomic mass is 10.0. The molecule has 2 N–H and O–H groups in total. The van der Waals surface area contributed by atoms with Gasteiger partial charge in [-0.25, -0.2) is 0 Å². The van der Waals surface area contributed by atoms with Crippen molar-refractivity contribution in [3.8, 4) is 0 Å². The van der Waals surface area contributed by atoms with Gasteiger partial charge >= 0.3 is 0 Å². The Morgan fingerprint density at radius 1 is 1.56 bits per heavy atom. The largest absolute Gasteiger partial charge is 0.375 e. The average Bonchev–Trinajstić information content (AvgIpc) is 2.31. The SMILES string of the molecule is CC(N)Cc1ccc(Cl)cc1N1CCOC(C)C1. The summed E-state index contributed by atoms with van der Waals surface area (Å²) in [6, 6.07) is 6.22. The van der Waals surface area contributed by atoms with Crippen molar-refractivity contribution >= 4 is 17.3 Å². The van der Waals surface area contributed by atoms with Gasteiger partial charge in [0.1, 0.15) is 0 Å². The normalized spacial score (nSPS) is 22.0. The summed E-state index contributed by atoms with van der Waals surface area (Å²) in [5.74, 6) is 0. The van der Waals surface area contributed by atoms with Crippen molar-refractivity contribution in [2.45, 2.75) is 32.4 Å². The van der Waals surface area contributed by atoms with Crippen LogP contribution in [0.5, 0.6) is 0 Å². The van der Waals surface area contributed by atoms with Crippen molar-refractivity contribution in [3.05, 3.63) is 28.8 Å². The van der Waals surface area contributed by atoms with Crippen molar-refractivity contribution in [1.29, 1.82) is 0 Å². The zero-order valence-corrected chi connectivity index (χ0v) is 11.8. The Morgan fingerprint density at radius 3 is 3.00 bits per heavy atom. The Kier molecular flexibility index (Phi) is 4.49. The van der Waals surface area contributed by atoms with E-state index in [0.29, 0.717) is 0 Å². The predicted molar refractivity (Wildman–Crippen MR) is 76.4 cm³/mol. The highest BCUT2D eigenvalue weighted by Gasteiger charge is 2.19. The van der Waals surface area contributed by atoms with E-state index >= 15 is 0 Å². The summed E-state index contributed by atoms with van der Waals surface area (Å²) in [6.45, 7) is 6.72. The van der Waals surface area contributed by atoms with Crippen LogP contribution in [0.25, 0.3) is 0 Å². The Balaban J connectivity index is 2.26. The molecule has 1 aliphatic rings. The van der Waals surface area contributed by atoms with Gasteiger partial charge in [0.05, 0.1) is 12.7 Å². The number of hydrogen-bond acceptors (Lipinski definition) is 3. The van der Waals surface area contributed by atoms with Gasteiger partial charge in [-0.1, -0.05) is 17.7 Å². The first kappa shape index (κ1) is 13.7. The molecule has 4 heteroatoms. The van der Waals surface area contributed by atoms with E-state index in [0.717, 1.165) is 31.1 Å².